The molecule has 1 atom stereocenters. The Morgan fingerprint density at radius 2 is 1.94 bits per heavy atom. The number of terminal acetylenes is 1. The van der Waals surface area contributed by atoms with E-state index in [4.69, 9.17) is 6.42 Å². The molecule has 0 aliphatic rings. The molecule has 0 saturated heterocycles. The summed E-state index contributed by atoms with van der Waals surface area (Å²) in [5.41, 5.74) is 0.970. The zero-order valence-corrected chi connectivity index (χ0v) is 11.3. The quantitative estimate of drug-likeness (QED) is 0.770. The second-order valence-electron chi connectivity index (χ2n) is 4.51. The molecule has 0 saturated carbocycles. The first-order chi connectivity index (χ1) is 7.87. The average molecular weight is 250 g/mol. The minimum atomic E-state index is -3.19. The van der Waals surface area contributed by atoms with Gasteiger partial charge in [-0.2, -0.15) is 0 Å². The van der Waals surface area contributed by atoms with E-state index in [1.165, 1.54) is 0 Å². The molecule has 3 heteroatoms. The van der Waals surface area contributed by atoms with Gasteiger partial charge in [0.1, 0.15) is 0 Å². The van der Waals surface area contributed by atoms with Gasteiger partial charge in [-0.15, -0.1) is 12.3 Å². The Bertz CT molecular complexity index is 521. The van der Waals surface area contributed by atoms with Crippen LogP contribution in [0.5, 0.6) is 0 Å². The topological polar surface area (TPSA) is 34.1 Å². The number of hydrogen-bond acceptors (Lipinski definition) is 2. The maximum absolute atomic E-state index is 12.0. The Morgan fingerprint density at radius 3 is 2.47 bits per heavy atom. The lowest BCUT2D eigenvalue weighted by atomic mass is 10.0. The fourth-order valence-electron chi connectivity index (χ4n) is 1.53. The van der Waals surface area contributed by atoms with E-state index in [0.717, 1.165) is 5.56 Å². The molecule has 0 spiro atoms. The van der Waals surface area contributed by atoms with Gasteiger partial charge in [-0.05, 0) is 38.0 Å². The molecule has 0 aliphatic carbocycles. The van der Waals surface area contributed by atoms with Crippen LogP contribution in [-0.4, -0.2) is 13.7 Å². The Labute approximate surface area is 104 Å². The van der Waals surface area contributed by atoms with Gasteiger partial charge in [0, 0.05) is 5.92 Å². The maximum Gasteiger partial charge on any atom is 0.180 e. The normalized spacial score (nSPS) is 13.4. The molecule has 0 bridgehead atoms. The van der Waals surface area contributed by atoms with Crippen molar-refractivity contribution in [3.8, 4) is 12.3 Å². The molecular formula is C14H18O2S. The van der Waals surface area contributed by atoms with Crippen LogP contribution in [0.2, 0.25) is 0 Å². The van der Waals surface area contributed by atoms with Crippen LogP contribution in [0.1, 0.15) is 26.3 Å². The Balaban J connectivity index is 3.07. The van der Waals surface area contributed by atoms with E-state index in [9.17, 15) is 8.42 Å². The third-order valence-corrected chi connectivity index (χ3v) is 4.83. The zero-order valence-electron chi connectivity index (χ0n) is 10.5. The fraction of sp³-hybridized carbons (Fsp3) is 0.429. The molecule has 17 heavy (non-hydrogen) atoms. The summed E-state index contributed by atoms with van der Waals surface area (Å²) in [5.74, 6) is 2.76. The molecule has 1 aromatic rings. The average Bonchev–Trinajstić information content (AvgIpc) is 2.29. The van der Waals surface area contributed by atoms with Crippen molar-refractivity contribution in [3.05, 3.63) is 29.8 Å². The molecule has 0 heterocycles. The summed E-state index contributed by atoms with van der Waals surface area (Å²) >= 11 is 0. The van der Waals surface area contributed by atoms with E-state index in [0.29, 0.717) is 11.3 Å². The highest BCUT2D eigenvalue weighted by Gasteiger charge is 2.19. The molecule has 92 valence electrons. The summed E-state index contributed by atoms with van der Waals surface area (Å²) in [4.78, 5) is 0.384. The Hall–Kier alpha value is -1.27. The predicted octanol–water partition coefficient (Wildman–Crippen LogP) is 2.68. The van der Waals surface area contributed by atoms with Crippen LogP contribution in [-0.2, 0) is 16.3 Å². The second-order valence-corrected chi connectivity index (χ2v) is 7.02. The Kier molecular flexibility index (Phi) is 4.36. The van der Waals surface area contributed by atoms with Crippen molar-refractivity contribution in [1.29, 1.82) is 0 Å². The molecule has 1 aromatic carbocycles. The van der Waals surface area contributed by atoms with Crippen LogP contribution in [0.15, 0.2) is 29.2 Å². The van der Waals surface area contributed by atoms with Gasteiger partial charge in [0.2, 0.25) is 0 Å². The largest absolute Gasteiger partial charge is 0.223 e. The first-order valence-electron chi connectivity index (χ1n) is 5.67. The second kappa shape index (κ2) is 5.37. The molecule has 0 fully saturated rings. The standard InChI is InChI=1S/C14H18O2S/c1-5-12(4)9-13-7-6-8-14(10-13)17(15,16)11(2)3/h1,6-8,10-12H,9H2,2-4H3. The fourth-order valence-corrected chi connectivity index (χ4v) is 2.66. The maximum atomic E-state index is 12.0. The van der Waals surface area contributed by atoms with Crippen molar-refractivity contribution in [3.63, 3.8) is 0 Å². The number of benzene rings is 1. The SMILES string of the molecule is C#CC(C)Cc1cccc(S(=O)(=O)C(C)C)c1. The molecular weight excluding hydrogens is 232 g/mol. The highest BCUT2D eigenvalue weighted by atomic mass is 32.2. The van der Waals surface area contributed by atoms with Gasteiger partial charge in [-0.3, -0.25) is 0 Å². The minimum Gasteiger partial charge on any atom is -0.223 e. The van der Waals surface area contributed by atoms with Crippen LogP contribution in [0.3, 0.4) is 0 Å². The van der Waals surface area contributed by atoms with Gasteiger partial charge in [0.25, 0.3) is 0 Å². The summed E-state index contributed by atoms with van der Waals surface area (Å²) in [7, 11) is -3.19. The summed E-state index contributed by atoms with van der Waals surface area (Å²) < 4.78 is 24.0. The number of hydrogen-bond donors (Lipinski definition) is 0. The molecule has 0 aliphatic heterocycles. The highest BCUT2D eigenvalue weighted by Crippen LogP contribution is 2.18. The van der Waals surface area contributed by atoms with E-state index in [-0.39, 0.29) is 5.92 Å². The molecule has 1 rings (SSSR count). The van der Waals surface area contributed by atoms with Gasteiger partial charge >= 0.3 is 0 Å². The summed E-state index contributed by atoms with van der Waals surface area (Å²) in [6.45, 7) is 5.32. The van der Waals surface area contributed by atoms with Crippen molar-refractivity contribution in [1.82, 2.24) is 0 Å². The van der Waals surface area contributed by atoms with Crippen molar-refractivity contribution in [2.45, 2.75) is 37.3 Å². The lowest BCUT2D eigenvalue weighted by molar-refractivity contribution is 0.587. The monoisotopic (exact) mass is 250 g/mol. The van der Waals surface area contributed by atoms with Crippen LogP contribution in [0, 0.1) is 18.3 Å². The Morgan fingerprint density at radius 1 is 1.29 bits per heavy atom. The van der Waals surface area contributed by atoms with E-state index in [2.05, 4.69) is 5.92 Å². The molecule has 1 unspecified atom stereocenters. The smallest absolute Gasteiger partial charge is 0.180 e. The van der Waals surface area contributed by atoms with Crippen molar-refractivity contribution < 1.29 is 8.42 Å². The highest BCUT2D eigenvalue weighted by molar-refractivity contribution is 7.92. The van der Waals surface area contributed by atoms with Crippen molar-refractivity contribution >= 4 is 9.84 Å². The van der Waals surface area contributed by atoms with E-state index >= 15 is 0 Å². The van der Waals surface area contributed by atoms with Crippen LogP contribution < -0.4 is 0 Å². The van der Waals surface area contributed by atoms with E-state index in [1.54, 1.807) is 32.0 Å². The summed E-state index contributed by atoms with van der Waals surface area (Å²) in [6, 6.07) is 7.05. The lowest BCUT2D eigenvalue weighted by Crippen LogP contribution is -2.14. The molecule has 0 aromatic heterocycles. The van der Waals surface area contributed by atoms with Crippen LogP contribution >= 0.6 is 0 Å². The third kappa shape index (κ3) is 3.34. The van der Waals surface area contributed by atoms with Gasteiger partial charge in [0.15, 0.2) is 9.84 Å². The zero-order chi connectivity index (χ0) is 13.1. The minimum absolute atomic E-state index is 0.118. The first kappa shape index (κ1) is 13.8. The van der Waals surface area contributed by atoms with Gasteiger partial charge in [0.05, 0.1) is 10.1 Å². The summed E-state index contributed by atoms with van der Waals surface area (Å²) in [6.07, 6.45) is 6.03. The van der Waals surface area contributed by atoms with Gasteiger partial charge < -0.3 is 0 Å². The van der Waals surface area contributed by atoms with Crippen molar-refractivity contribution in [2.75, 3.05) is 0 Å². The van der Waals surface area contributed by atoms with Crippen LogP contribution in [0.4, 0.5) is 0 Å². The number of rotatable bonds is 4. The number of sulfone groups is 1. The van der Waals surface area contributed by atoms with Gasteiger partial charge in [-0.1, -0.05) is 19.1 Å². The first-order valence-corrected chi connectivity index (χ1v) is 7.21. The van der Waals surface area contributed by atoms with E-state index in [1.807, 2.05) is 13.0 Å². The van der Waals surface area contributed by atoms with Crippen molar-refractivity contribution in [2.24, 2.45) is 5.92 Å². The van der Waals surface area contributed by atoms with Gasteiger partial charge in [-0.25, -0.2) is 8.42 Å². The lowest BCUT2D eigenvalue weighted by Gasteiger charge is -2.10. The molecule has 0 radical (unpaired) electrons. The molecule has 0 N–H and O–H groups in total. The third-order valence-electron chi connectivity index (χ3n) is 2.67. The predicted molar refractivity (Wildman–Crippen MR) is 70.5 cm³/mol. The van der Waals surface area contributed by atoms with Crippen LogP contribution in [0.25, 0.3) is 0 Å². The molecule has 2 nitrogen and oxygen atoms in total. The summed E-state index contributed by atoms with van der Waals surface area (Å²) in [5, 5.41) is -0.400. The van der Waals surface area contributed by atoms with E-state index < -0.39 is 15.1 Å². The molecule has 0 amide bonds.